The van der Waals surface area contributed by atoms with Crippen molar-refractivity contribution in [1.82, 2.24) is 4.57 Å². The highest BCUT2D eigenvalue weighted by Gasteiger charge is 2.40. The van der Waals surface area contributed by atoms with E-state index in [2.05, 4.69) is 27.3 Å². The Morgan fingerprint density at radius 1 is 1.22 bits per heavy atom. The maximum atomic E-state index is 12.9. The van der Waals surface area contributed by atoms with Crippen molar-refractivity contribution in [1.29, 1.82) is 0 Å². The quantitative estimate of drug-likeness (QED) is 0.492. The zero-order valence-corrected chi connectivity index (χ0v) is 20.3. The highest BCUT2D eigenvalue weighted by atomic mass is 79.9. The number of halogens is 1. The molecule has 0 unspecified atom stereocenters. The highest BCUT2D eigenvalue weighted by Crippen LogP contribution is 2.51. The van der Waals surface area contributed by atoms with Gasteiger partial charge in [0.05, 0.1) is 11.6 Å². The van der Waals surface area contributed by atoms with Crippen LogP contribution in [0.2, 0.25) is 0 Å². The number of thioether (sulfide) groups is 1. The molecule has 0 bridgehead atoms. The minimum absolute atomic E-state index is 0.0311. The summed E-state index contributed by atoms with van der Waals surface area (Å²) in [5, 5.41) is 3.69. The van der Waals surface area contributed by atoms with Crippen LogP contribution >= 0.6 is 39.0 Å². The number of carbonyl (C=O) groups excluding carboxylic acids is 2. The van der Waals surface area contributed by atoms with E-state index in [-0.39, 0.29) is 34.9 Å². The van der Waals surface area contributed by atoms with E-state index in [1.807, 2.05) is 12.1 Å². The summed E-state index contributed by atoms with van der Waals surface area (Å²) in [6.07, 6.45) is 0. The summed E-state index contributed by atoms with van der Waals surface area (Å²) in [6, 6.07) is 12.7. The molecule has 0 spiro atoms. The van der Waals surface area contributed by atoms with Gasteiger partial charge in [-0.15, -0.1) is 11.8 Å². The lowest BCUT2D eigenvalue weighted by Gasteiger charge is -2.36. The average molecular weight is 531 g/mol. The molecule has 0 saturated carbocycles. The van der Waals surface area contributed by atoms with Gasteiger partial charge >= 0.3 is 4.87 Å². The van der Waals surface area contributed by atoms with Gasteiger partial charge in [0.2, 0.25) is 5.91 Å². The van der Waals surface area contributed by atoms with E-state index in [0.717, 1.165) is 31.4 Å². The number of anilines is 1. The molecule has 1 aromatic heterocycles. The topological polar surface area (TPSA) is 77.4 Å². The summed E-state index contributed by atoms with van der Waals surface area (Å²) < 4.78 is 8.51. The van der Waals surface area contributed by atoms with Crippen LogP contribution in [-0.4, -0.2) is 28.6 Å². The molecule has 0 radical (unpaired) electrons. The number of nitrogens with one attached hydrogen (secondary N) is 1. The zero-order chi connectivity index (χ0) is 22.4. The number of benzene rings is 2. The van der Waals surface area contributed by atoms with E-state index >= 15 is 0 Å². The number of amides is 1. The Labute approximate surface area is 201 Å². The predicted octanol–water partition coefficient (Wildman–Crippen LogP) is 4.76. The van der Waals surface area contributed by atoms with Crippen LogP contribution in [0.5, 0.6) is 5.75 Å². The molecule has 3 heterocycles. The summed E-state index contributed by atoms with van der Waals surface area (Å²) in [5.41, 5.74) is 2.26. The first-order valence-electron chi connectivity index (χ1n) is 10.1. The number of Topliss-reactive ketones (excluding diaryl/α,β-unsaturated/α-hetero) is 1. The summed E-state index contributed by atoms with van der Waals surface area (Å²) in [7, 11) is 0. The molecule has 1 amide bonds. The molecule has 0 fully saturated rings. The first-order valence-corrected chi connectivity index (χ1v) is 12.7. The van der Waals surface area contributed by atoms with Crippen LogP contribution < -0.4 is 14.9 Å². The molecule has 0 aliphatic carbocycles. The van der Waals surface area contributed by atoms with Crippen molar-refractivity contribution in [2.45, 2.75) is 24.4 Å². The third kappa shape index (κ3) is 3.93. The van der Waals surface area contributed by atoms with Crippen molar-refractivity contribution in [2.75, 3.05) is 17.7 Å². The molecule has 5 rings (SSSR count). The van der Waals surface area contributed by atoms with Crippen LogP contribution in [0.3, 0.4) is 0 Å². The molecule has 2 atom stereocenters. The molecule has 6 nitrogen and oxygen atoms in total. The molecule has 32 heavy (non-hydrogen) atoms. The molecule has 1 N–H and O–H groups in total. The van der Waals surface area contributed by atoms with E-state index < -0.39 is 0 Å². The van der Waals surface area contributed by atoms with Gasteiger partial charge in [0, 0.05) is 43.8 Å². The molecule has 3 aromatic rings. The van der Waals surface area contributed by atoms with Crippen LogP contribution in [0.1, 0.15) is 33.6 Å². The normalized spacial score (nSPS) is 18.7. The maximum Gasteiger partial charge on any atom is 0.308 e. The highest BCUT2D eigenvalue weighted by molar-refractivity contribution is 9.10. The Morgan fingerprint density at radius 2 is 2.00 bits per heavy atom. The lowest BCUT2D eigenvalue weighted by atomic mass is 9.84. The van der Waals surface area contributed by atoms with Crippen molar-refractivity contribution in [2.24, 2.45) is 5.92 Å². The van der Waals surface area contributed by atoms with E-state index in [4.69, 9.17) is 4.74 Å². The minimum atomic E-state index is -0.277. The molecule has 2 aromatic carbocycles. The average Bonchev–Trinajstić information content (AvgIpc) is 3.08. The number of carbonyl (C=O) groups is 2. The Hall–Kier alpha value is -2.36. The van der Waals surface area contributed by atoms with Crippen LogP contribution in [-0.2, 0) is 11.3 Å². The minimum Gasteiger partial charge on any atom is -0.493 e. The van der Waals surface area contributed by atoms with Gasteiger partial charge in [-0.25, -0.2) is 0 Å². The number of ether oxygens (including phenoxy) is 1. The number of nitrogens with zero attached hydrogens (tertiary/aromatic N) is 1. The number of fused-ring (bicyclic) bond motifs is 5. The maximum absolute atomic E-state index is 12.9. The standard InChI is InChI=1S/C23H19BrN2O4S2/c1-12(27)13-2-5-16(6-3-13)25-19(28)9-26-22-21(32-23(26)29)20-14(11-31-22)10-30-18-7-4-15(24)8-17(18)20/h2-8,14,20H,9-11H2,1H3,(H,25,28)/t14-,20+/m1/s1. The van der Waals surface area contributed by atoms with Gasteiger partial charge in [-0.2, -0.15) is 0 Å². The second-order valence-electron chi connectivity index (χ2n) is 7.85. The third-order valence-corrected chi connectivity index (χ3v) is 8.69. The SMILES string of the molecule is CC(=O)c1ccc(NC(=O)Cn2c3c(sc2=O)[C@@H]2c4cc(Br)ccc4OC[C@@H]2CS3)cc1. The predicted molar refractivity (Wildman–Crippen MR) is 129 cm³/mol. The lowest BCUT2D eigenvalue weighted by molar-refractivity contribution is -0.116. The Balaban J connectivity index is 1.41. The number of aromatic nitrogens is 1. The van der Waals surface area contributed by atoms with Crippen molar-refractivity contribution < 1.29 is 14.3 Å². The van der Waals surface area contributed by atoms with Crippen LogP contribution in [0.4, 0.5) is 5.69 Å². The fourth-order valence-electron chi connectivity index (χ4n) is 4.15. The molecule has 2 aliphatic rings. The fourth-order valence-corrected chi connectivity index (χ4v) is 7.22. The summed E-state index contributed by atoms with van der Waals surface area (Å²) >= 11 is 6.39. The van der Waals surface area contributed by atoms with Gasteiger partial charge in [-0.3, -0.25) is 19.0 Å². The van der Waals surface area contributed by atoms with Gasteiger partial charge < -0.3 is 10.1 Å². The lowest BCUT2D eigenvalue weighted by Crippen LogP contribution is -2.31. The summed E-state index contributed by atoms with van der Waals surface area (Å²) in [6.45, 7) is 2.07. The zero-order valence-electron chi connectivity index (χ0n) is 17.1. The second-order valence-corrected chi connectivity index (χ2v) is 10.8. The van der Waals surface area contributed by atoms with Crippen molar-refractivity contribution in [3.05, 3.63) is 72.6 Å². The number of ketones is 1. The van der Waals surface area contributed by atoms with Gasteiger partial charge in [0.25, 0.3) is 0 Å². The molecule has 9 heteroatoms. The smallest absolute Gasteiger partial charge is 0.308 e. The Kier molecular flexibility index (Phi) is 5.73. The fraction of sp³-hybridized carbons (Fsp3) is 0.261. The van der Waals surface area contributed by atoms with Crippen molar-refractivity contribution in [3.8, 4) is 5.75 Å². The van der Waals surface area contributed by atoms with Crippen LogP contribution in [0.25, 0.3) is 0 Å². The van der Waals surface area contributed by atoms with Gasteiger partial charge in [-0.1, -0.05) is 27.3 Å². The van der Waals surface area contributed by atoms with Gasteiger partial charge in [0.15, 0.2) is 5.78 Å². The molecule has 164 valence electrons. The van der Waals surface area contributed by atoms with Crippen molar-refractivity contribution >= 4 is 56.4 Å². The van der Waals surface area contributed by atoms with E-state index in [1.165, 1.54) is 18.3 Å². The van der Waals surface area contributed by atoms with Crippen LogP contribution in [0.15, 0.2) is 56.8 Å². The van der Waals surface area contributed by atoms with Crippen molar-refractivity contribution in [3.63, 3.8) is 0 Å². The molecule has 2 aliphatic heterocycles. The van der Waals surface area contributed by atoms with E-state index in [0.29, 0.717) is 17.9 Å². The first-order chi connectivity index (χ1) is 15.4. The second kappa shape index (κ2) is 8.53. The molecular weight excluding hydrogens is 512 g/mol. The monoisotopic (exact) mass is 530 g/mol. The van der Waals surface area contributed by atoms with Gasteiger partial charge in [-0.05, 0) is 49.4 Å². The van der Waals surface area contributed by atoms with Gasteiger partial charge in [0.1, 0.15) is 12.3 Å². The number of thiazole rings is 1. The largest absolute Gasteiger partial charge is 0.493 e. The third-order valence-electron chi connectivity index (χ3n) is 5.70. The summed E-state index contributed by atoms with van der Waals surface area (Å²) in [5.74, 6) is 1.75. The van der Waals surface area contributed by atoms with Crippen LogP contribution in [0, 0.1) is 5.92 Å². The molecular formula is C23H19BrN2O4S2. The Bertz CT molecular complexity index is 1280. The van der Waals surface area contributed by atoms with E-state index in [9.17, 15) is 14.4 Å². The first kappa shape index (κ1) is 21.5. The van der Waals surface area contributed by atoms with E-state index in [1.54, 1.807) is 40.6 Å². The number of hydrogen-bond acceptors (Lipinski definition) is 6. The Morgan fingerprint density at radius 3 is 2.75 bits per heavy atom. The number of hydrogen-bond donors (Lipinski definition) is 1. The molecule has 0 saturated heterocycles. The number of rotatable bonds is 4. The summed E-state index contributed by atoms with van der Waals surface area (Å²) in [4.78, 5) is 37.9.